The molecule has 0 bridgehead atoms. The van der Waals surface area contributed by atoms with Crippen molar-refractivity contribution in [1.82, 2.24) is 30.1 Å². The van der Waals surface area contributed by atoms with Gasteiger partial charge in [-0.15, -0.1) is 5.10 Å². The summed E-state index contributed by atoms with van der Waals surface area (Å²) in [6.07, 6.45) is 2.08. The number of benzene rings is 1. The number of fused-ring (bicyclic) bond motifs is 1. The molecule has 3 aromatic rings. The van der Waals surface area contributed by atoms with Gasteiger partial charge in [-0.05, 0) is 41.0 Å². The highest BCUT2D eigenvalue weighted by atomic mass is 16.5. The Labute approximate surface area is 173 Å². The number of amides is 1. The van der Waals surface area contributed by atoms with Gasteiger partial charge in [0, 0.05) is 11.9 Å². The normalized spacial score (nSPS) is 11.2. The molecule has 2 N–H and O–H groups in total. The number of nitrogens with one attached hydrogen (secondary N) is 1. The lowest BCUT2D eigenvalue weighted by Gasteiger charge is -2.21. The molecule has 0 aliphatic heterocycles. The molecule has 2 heterocycles. The Morgan fingerprint density at radius 3 is 2.73 bits per heavy atom. The third-order valence-electron chi connectivity index (χ3n) is 4.62. The number of tetrazole rings is 1. The Morgan fingerprint density at radius 1 is 1.30 bits per heavy atom. The van der Waals surface area contributed by atoms with Gasteiger partial charge in [0.25, 0.3) is 5.56 Å². The highest BCUT2D eigenvalue weighted by molar-refractivity contribution is 5.90. The lowest BCUT2D eigenvalue weighted by atomic mass is 10.1. The maximum absolute atomic E-state index is 13.3. The highest BCUT2D eigenvalue weighted by Crippen LogP contribution is 2.30. The Morgan fingerprint density at radius 2 is 2.10 bits per heavy atom. The van der Waals surface area contributed by atoms with E-state index in [9.17, 15) is 9.59 Å². The van der Waals surface area contributed by atoms with Crippen molar-refractivity contribution in [1.29, 1.82) is 0 Å². The predicted octanol–water partition coefficient (Wildman–Crippen LogP) is 2.58. The smallest absolute Gasteiger partial charge is 0.404 e. The molecule has 0 fully saturated rings. The van der Waals surface area contributed by atoms with E-state index >= 15 is 0 Å². The van der Waals surface area contributed by atoms with E-state index in [0.717, 1.165) is 12.8 Å². The molecule has 160 valence electrons. The SMILES string of the molecule is CCCCOc1c(CNC(=O)O)n(CC(C)C)c(=O)c2ccc(-n3cnnn3)cc12. The summed E-state index contributed by atoms with van der Waals surface area (Å²) in [7, 11) is 0. The maximum atomic E-state index is 13.3. The lowest BCUT2D eigenvalue weighted by Crippen LogP contribution is -2.31. The van der Waals surface area contributed by atoms with E-state index in [2.05, 4.69) is 27.8 Å². The molecule has 0 aliphatic rings. The summed E-state index contributed by atoms with van der Waals surface area (Å²) < 4.78 is 9.22. The third-order valence-corrected chi connectivity index (χ3v) is 4.62. The van der Waals surface area contributed by atoms with Gasteiger partial charge in [0.15, 0.2) is 0 Å². The first-order valence-electron chi connectivity index (χ1n) is 9.94. The van der Waals surface area contributed by atoms with Crippen molar-refractivity contribution in [2.75, 3.05) is 6.61 Å². The molecular formula is C20H26N6O4. The number of rotatable bonds is 9. The summed E-state index contributed by atoms with van der Waals surface area (Å²) in [5, 5.41) is 23.8. The number of ether oxygens (including phenoxy) is 1. The second-order valence-corrected chi connectivity index (χ2v) is 7.43. The summed E-state index contributed by atoms with van der Waals surface area (Å²) in [5.41, 5.74) is 0.992. The fourth-order valence-electron chi connectivity index (χ4n) is 3.25. The van der Waals surface area contributed by atoms with E-state index in [-0.39, 0.29) is 18.0 Å². The van der Waals surface area contributed by atoms with Gasteiger partial charge in [-0.1, -0.05) is 27.2 Å². The van der Waals surface area contributed by atoms with Crippen LogP contribution in [0.25, 0.3) is 16.5 Å². The Kier molecular flexibility index (Phi) is 6.65. The van der Waals surface area contributed by atoms with Crippen LogP contribution < -0.4 is 15.6 Å². The molecule has 1 aromatic carbocycles. The quantitative estimate of drug-likeness (QED) is 0.516. The van der Waals surface area contributed by atoms with Crippen molar-refractivity contribution < 1.29 is 14.6 Å². The highest BCUT2D eigenvalue weighted by Gasteiger charge is 2.20. The number of pyridine rings is 1. The number of unbranched alkanes of at least 4 members (excludes halogenated alkanes) is 1. The topological polar surface area (TPSA) is 124 Å². The minimum atomic E-state index is -1.17. The molecule has 1 amide bonds. The molecule has 10 nitrogen and oxygen atoms in total. The second kappa shape index (κ2) is 9.38. The van der Waals surface area contributed by atoms with Crippen molar-refractivity contribution >= 4 is 16.9 Å². The molecule has 3 rings (SSSR count). The van der Waals surface area contributed by atoms with Gasteiger partial charge in [0.05, 0.1) is 29.9 Å². The number of hydrogen-bond acceptors (Lipinski definition) is 6. The summed E-state index contributed by atoms with van der Waals surface area (Å²) in [6.45, 7) is 6.94. The summed E-state index contributed by atoms with van der Waals surface area (Å²) in [5.74, 6) is 0.690. The summed E-state index contributed by atoms with van der Waals surface area (Å²) in [4.78, 5) is 24.5. The van der Waals surface area contributed by atoms with E-state index in [1.54, 1.807) is 22.8 Å². The van der Waals surface area contributed by atoms with Crippen LogP contribution in [0.1, 0.15) is 39.3 Å². The van der Waals surface area contributed by atoms with Crippen LogP contribution in [0.2, 0.25) is 0 Å². The minimum absolute atomic E-state index is 0.0379. The molecular weight excluding hydrogens is 388 g/mol. The molecule has 30 heavy (non-hydrogen) atoms. The van der Waals surface area contributed by atoms with Crippen LogP contribution in [0.4, 0.5) is 4.79 Å². The fourth-order valence-corrected chi connectivity index (χ4v) is 3.25. The van der Waals surface area contributed by atoms with Gasteiger partial charge in [-0.2, -0.15) is 0 Å². The van der Waals surface area contributed by atoms with Gasteiger partial charge in [0.1, 0.15) is 12.1 Å². The monoisotopic (exact) mass is 414 g/mol. The average molecular weight is 414 g/mol. The first kappa shape index (κ1) is 21.3. The van der Waals surface area contributed by atoms with Crippen molar-refractivity contribution in [3.63, 3.8) is 0 Å². The lowest BCUT2D eigenvalue weighted by molar-refractivity contribution is 0.193. The van der Waals surface area contributed by atoms with Crippen LogP contribution in [0.15, 0.2) is 29.3 Å². The zero-order valence-corrected chi connectivity index (χ0v) is 17.3. The molecule has 2 aromatic heterocycles. The zero-order valence-electron chi connectivity index (χ0n) is 17.3. The largest absolute Gasteiger partial charge is 0.491 e. The number of carbonyl (C=O) groups is 1. The van der Waals surface area contributed by atoms with E-state index in [4.69, 9.17) is 9.84 Å². The van der Waals surface area contributed by atoms with Crippen molar-refractivity contribution in [2.45, 2.75) is 46.7 Å². The van der Waals surface area contributed by atoms with E-state index in [0.29, 0.717) is 41.1 Å². The Bertz CT molecular complexity index is 1080. The van der Waals surface area contributed by atoms with Crippen molar-refractivity contribution in [2.24, 2.45) is 5.92 Å². The maximum Gasteiger partial charge on any atom is 0.404 e. The third kappa shape index (κ3) is 4.58. The van der Waals surface area contributed by atoms with Crippen LogP contribution in [0, 0.1) is 5.92 Å². The average Bonchev–Trinajstić information content (AvgIpc) is 3.24. The molecule has 10 heteroatoms. The Hall–Kier alpha value is -3.43. The zero-order chi connectivity index (χ0) is 21.7. The van der Waals surface area contributed by atoms with Gasteiger partial charge in [0.2, 0.25) is 0 Å². The van der Waals surface area contributed by atoms with E-state index in [1.165, 1.54) is 11.0 Å². The summed E-state index contributed by atoms with van der Waals surface area (Å²) >= 11 is 0. The standard InChI is InChI=1S/C20H26N6O4/c1-4-5-8-30-18-16-9-14(26-12-22-23-24-26)6-7-15(16)19(27)25(11-13(2)3)17(18)10-21-20(28)29/h6-7,9,12-13,21H,4-5,8,10-11H2,1-3H3,(H,28,29). The van der Waals surface area contributed by atoms with Crippen LogP contribution in [-0.2, 0) is 13.1 Å². The van der Waals surface area contributed by atoms with Crippen molar-refractivity contribution in [3.8, 4) is 11.4 Å². The molecule has 0 saturated carbocycles. The van der Waals surface area contributed by atoms with Gasteiger partial charge in [-0.25, -0.2) is 9.48 Å². The van der Waals surface area contributed by atoms with Crippen LogP contribution in [0.3, 0.4) is 0 Å². The number of hydrogen-bond donors (Lipinski definition) is 2. The second-order valence-electron chi connectivity index (χ2n) is 7.43. The summed E-state index contributed by atoms with van der Waals surface area (Å²) in [6, 6.07) is 5.29. The van der Waals surface area contributed by atoms with Crippen LogP contribution >= 0.6 is 0 Å². The van der Waals surface area contributed by atoms with E-state index < -0.39 is 6.09 Å². The van der Waals surface area contributed by atoms with Crippen LogP contribution in [-0.4, -0.2) is 42.6 Å². The first-order chi connectivity index (χ1) is 14.4. The fraction of sp³-hybridized carbons (Fsp3) is 0.450. The molecule has 0 radical (unpaired) electrons. The van der Waals surface area contributed by atoms with Gasteiger partial charge >= 0.3 is 6.09 Å². The minimum Gasteiger partial charge on any atom is -0.491 e. The van der Waals surface area contributed by atoms with Crippen LogP contribution in [0.5, 0.6) is 5.75 Å². The molecule has 0 saturated heterocycles. The number of carboxylic acid groups (broad SMARTS) is 1. The molecule has 0 atom stereocenters. The van der Waals surface area contributed by atoms with Crippen molar-refractivity contribution in [3.05, 3.63) is 40.6 Å². The van der Waals surface area contributed by atoms with Gasteiger partial charge in [-0.3, -0.25) is 4.79 Å². The van der Waals surface area contributed by atoms with E-state index in [1.807, 2.05) is 13.8 Å². The molecule has 0 unspecified atom stereocenters. The molecule has 0 spiro atoms. The molecule has 0 aliphatic carbocycles. The predicted molar refractivity (Wildman–Crippen MR) is 111 cm³/mol. The first-order valence-corrected chi connectivity index (χ1v) is 9.94. The Balaban J connectivity index is 2.26. The van der Waals surface area contributed by atoms with Gasteiger partial charge < -0.3 is 19.7 Å². The number of aromatic nitrogens is 5. The number of nitrogens with zero attached hydrogens (tertiary/aromatic N) is 5.